The van der Waals surface area contributed by atoms with E-state index < -0.39 is 34.3 Å². The summed E-state index contributed by atoms with van der Waals surface area (Å²) in [6.07, 6.45) is 4.94. The van der Waals surface area contributed by atoms with E-state index >= 15 is 0 Å². The minimum atomic E-state index is -4.21. The predicted molar refractivity (Wildman–Crippen MR) is 163 cm³/mol. The zero-order chi connectivity index (χ0) is 30.4. The van der Waals surface area contributed by atoms with Crippen molar-refractivity contribution in [3.8, 4) is 0 Å². The molecule has 1 saturated carbocycles. The van der Waals surface area contributed by atoms with Gasteiger partial charge >= 0.3 is 0 Å². The van der Waals surface area contributed by atoms with E-state index in [1.807, 2.05) is 6.92 Å². The summed E-state index contributed by atoms with van der Waals surface area (Å²) in [6, 6.07) is 16.0. The number of hydrogen-bond acceptors (Lipinski definition) is 4. The molecule has 0 heterocycles. The Hall–Kier alpha value is -3.43. The Morgan fingerprint density at radius 3 is 2.26 bits per heavy atom. The summed E-state index contributed by atoms with van der Waals surface area (Å²) in [5.74, 6) is -1.32. The second-order valence-electron chi connectivity index (χ2n) is 10.9. The van der Waals surface area contributed by atoms with Gasteiger partial charge in [0.15, 0.2) is 0 Å². The van der Waals surface area contributed by atoms with Gasteiger partial charge in [0.05, 0.1) is 10.6 Å². The Bertz CT molecular complexity index is 1510. The number of aryl methyl sites for hydroxylation is 1. The van der Waals surface area contributed by atoms with E-state index in [4.69, 9.17) is 11.6 Å². The fourth-order valence-electron chi connectivity index (χ4n) is 5.15. The molecule has 0 bridgehead atoms. The van der Waals surface area contributed by atoms with Crippen molar-refractivity contribution in [1.29, 1.82) is 0 Å². The van der Waals surface area contributed by atoms with E-state index in [1.54, 1.807) is 56.3 Å². The van der Waals surface area contributed by atoms with Crippen molar-refractivity contribution in [2.75, 3.05) is 10.8 Å². The van der Waals surface area contributed by atoms with Crippen molar-refractivity contribution in [2.24, 2.45) is 0 Å². The van der Waals surface area contributed by atoms with Crippen molar-refractivity contribution < 1.29 is 22.4 Å². The fraction of sp³-hybridized carbons (Fsp3) is 0.375. The molecule has 3 aromatic rings. The van der Waals surface area contributed by atoms with Crippen LogP contribution in [0.5, 0.6) is 0 Å². The van der Waals surface area contributed by atoms with Crippen LogP contribution in [0.25, 0.3) is 0 Å². The van der Waals surface area contributed by atoms with Crippen LogP contribution in [-0.2, 0) is 26.2 Å². The first kappa shape index (κ1) is 31.5. The lowest BCUT2D eigenvalue weighted by atomic mass is 9.95. The van der Waals surface area contributed by atoms with Crippen LogP contribution in [0.15, 0.2) is 71.6 Å². The van der Waals surface area contributed by atoms with Crippen molar-refractivity contribution >= 4 is 39.1 Å². The first-order chi connectivity index (χ1) is 20.0. The highest BCUT2D eigenvalue weighted by molar-refractivity contribution is 7.92. The second kappa shape index (κ2) is 13.7. The van der Waals surface area contributed by atoms with Gasteiger partial charge in [0.25, 0.3) is 10.0 Å². The maximum atomic E-state index is 14.1. The first-order valence-corrected chi connectivity index (χ1v) is 16.0. The van der Waals surface area contributed by atoms with E-state index in [-0.39, 0.29) is 29.1 Å². The third-order valence-electron chi connectivity index (χ3n) is 7.78. The molecule has 10 heteroatoms. The maximum Gasteiger partial charge on any atom is 0.264 e. The van der Waals surface area contributed by atoms with Gasteiger partial charge in [-0.1, -0.05) is 66.8 Å². The first-order valence-electron chi connectivity index (χ1n) is 14.2. The van der Waals surface area contributed by atoms with Gasteiger partial charge in [-0.2, -0.15) is 0 Å². The van der Waals surface area contributed by atoms with E-state index in [0.29, 0.717) is 16.1 Å². The average Bonchev–Trinajstić information content (AvgIpc) is 2.97. The van der Waals surface area contributed by atoms with Gasteiger partial charge in [0.2, 0.25) is 11.8 Å². The molecular weight excluding hydrogens is 577 g/mol. The van der Waals surface area contributed by atoms with Gasteiger partial charge in [0.1, 0.15) is 18.4 Å². The highest BCUT2D eigenvalue weighted by Crippen LogP contribution is 2.31. The summed E-state index contributed by atoms with van der Waals surface area (Å²) in [6.45, 7) is 4.59. The van der Waals surface area contributed by atoms with Crippen molar-refractivity contribution in [3.05, 3.63) is 94.3 Å². The second-order valence-corrected chi connectivity index (χ2v) is 13.1. The Balaban J connectivity index is 1.70. The molecule has 0 aliphatic heterocycles. The highest BCUT2D eigenvalue weighted by Gasteiger charge is 2.34. The van der Waals surface area contributed by atoms with Crippen LogP contribution in [0.3, 0.4) is 0 Å². The molecule has 1 atom stereocenters. The number of nitrogens with zero attached hydrogens (tertiary/aromatic N) is 2. The molecule has 224 valence electrons. The van der Waals surface area contributed by atoms with E-state index in [1.165, 1.54) is 29.2 Å². The third kappa shape index (κ3) is 7.50. The van der Waals surface area contributed by atoms with E-state index in [2.05, 4.69) is 5.32 Å². The zero-order valence-electron chi connectivity index (χ0n) is 24.1. The molecule has 1 N–H and O–H groups in total. The Morgan fingerprint density at radius 2 is 1.62 bits per heavy atom. The van der Waals surface area contributed by atoms with Gasteiger partial charge in [-0.05, 0) is 81.1 Å². The molecule has 1 aliphatic carbocycles. The number of sulfonamides is 1. The predicted octanol–water partition coefficient (Wildman–Crippen LogP) is 6.16. The molecule has 42 heavy (non-hydrogen) atoms. The Labute approximate surface area is 252 Å². The van der Waals surface area contributed by atoms with Crippen LogP contribution in [0.2, 0.25) is 5.02 Å². The van der Waals surface area contributed by atoms with Crippen molar-refractivity contribution in [3.63, 3.8) is 0 Å². The van der Waals surface area contributed by atoms with Crippen LogP contribution in [0, 0.1) is 19.7 Å². The summed E-state index contributed by atoms with van der Waals surface area (Å²) in [4.78, 5) is 28.9. The zero-order valence-corrected chi connectivity index (χ0v) is 25.7. The molecule has 0 saturated heterocycles. The number of rotatable bonds is 10. The minimum Gasteiger partial charge on any atom is -0.352 e. The Morgan fingerprint density at radius 1 is 0.976 bits per heavy atom. The number of anilines is 1. The topological polar surface area (TPSA) is 86.8 Å². The monoisotopic (exact) mass is 613 g/mol. The molecule has 1 aliphatic rings. The van der Waals surface area contributed by atoms with Gasteiger partial charge in [-0.15, -0.1) is 0 Å². The molecule has 0 radical (unpaired) electrons. The van der Waals surface area contributed by atoms with Crippen LogP contribution in [0.1, 0.15) is 55.7 Å². The molecule has 3 aromatic carbocycles. The van der Waals surface area contributed by atoms with Gasteiger partial charge in [-0.25, -0.2) is 12.8 Å². The summed E-state index contributed by atoms with van der Waals surface area (Å²) in [7, 11) is -4.21. The van der Waals surface area contributed by atoms with Crippen LogP contribution in [-0.4, -0.2) is 43.8 Å². The Kier molecular flexibility index (Phi) is 10.3. The number of carbonyl (C=O) groups is 2. The SMILES string of the molecule is Cc1ccc(S(=O)(=O)N(CC(=O)N(Cc2ccc(F)cc2)[C@@H](C)C(=O)NC2CCCCC2)c2cccc(Cl)c2C)cc1. The molecule has 4 rings (SSSR count). The van der Waals surface area contributed by atoms with Gasteiger partial charge in [0, 0.05) is 17.6 Å². The van der Waals surface area contributed by atoms with Crippen LogP contribution in [0.4, 0.5) is 10.1 Å². The largest absolute Gasteiger partial charge is 0.352 e. The van der Waals surface area contributed by atoms with E-state index in [0.717, 1.165) is 42.0 Å². The van der Waals surface area contributed by atoms with Crippen molar-refractivity contribution in [2.45, 2.75) is 76.4 Å². The summed E-state index contributed by atoms with van der Waals surface area (Å²) in [5.41, 5.74) is 2.25. The van der Waals surface area contributed by atoms with Crippen LogP contribution >= 0.6 is 11.6 Å². The molecule has 7 nitrogen and oxygen atoms in total. The smallest absolute Gasteiger partial charge is 0.264 e. The molecule has 0 aromatic heterocycles. The lowest BCUT2D eigenvalue weighted by Crippen LogP contribution is -2.53. The number of halogens is 2. The fourth-order valence-corrected chi connectivity index (χ4v) is 6.80. The normalized spacial score (nSPS) is 14.7. The summed E-state index contributed by atoms with van der Waals surface area (Å²) < 4.78 is 42.7. The van der Waals surface area contributed by atoms with Crippen LogP contribution < -0.4 is 9.62 Å². The molecule has 0 spiro atoms. The lowest BCUT2D eigenvalue weighted by Gasteiger charge is -2.33. The molecular formula is C32H37ClFN3O4S. The van der Waals surface area contributed by atoms with Gasteiger partial charge < -0.3 is 10.2 Å². The third-order valence-corrected chi connectivity index (χ3v) is 9.96. The number of benzene rings is 3. The number of hydrogen-bond donors (Lipinski definition) is 1. The molecule has 2 amide bonds. The maximum absolute atomic E-state index is 14.1. The average molecular weight is 614 g/mol. The van der Waals surface area contributed by atoms with Gasteiger partial charge in [-0.3, -0.25) is 13.9 Å². The number of nitrogens with one attached hydrogen (secondary N) is 1. The van der Waals surface area contributed by atoms with E-state index in [9.17, 15) is 22.4 Å². The quantitative estimate of drug-likeness (QED) is 0.297. The highest BCUT2D eigenvalue weighted by atomic mass is 35.5. The standard InChI is InChI=1S/C32H37ClFN3O4S/c1-22-12-18-28(19-13-22)42(40,41)37(30-11-7-10-29(33)23(30)2)21-31(38)36(20-25-14-16-26(34)17-15-25)24(3)32(39)35-27-8-5-4-6-9-27/h7,10-19,24,27H,4-6,8-9,20-21H2,1-3H3,(H,35,39)/t24-/m0/s1. The summed E-state index contributed by atoms with van der Waals surface area (Å²) in [5, 5.41) is 3.42. The molecule has 1 fully saturated rings. The lowest BCUT2D eigenvalue weighted by molar-refractivity contribution is -0.139. The summed E-state index contributed by atoms with van der Waals surface area (Å²) >= 11 is 6.38. The van der Waals surface area contributed by atoms with Crippen molar-refractivity contribution in [1.82, 2.24) is 10.2 Å². The minimum absolute atomic E-state index is 0.00862. The molecule has 0 unspecified atom stereocenters. The number of amides is 2. The number of carbonyl (C=O) groups excluding carboxylic acids is 2.